The molecule has 7 heteroatoms. The van der Waals surface area contributed by atoms with Gasteiger partial charge in [-0.1, -0.05) is 0 Å². The average Bonchev–Trinajstić information content (AvgIpc) is 3.27. The molecule has 1 aliphatic carbocycles. The number of nitrogens with zero attached hydrogens (tertiary/aromatic N) is 4. The van der Waals surface area contributed by atoms with E-state index in [0.717, 1.165) is 42.8 Å². The zero-order valence-corrected chi connectivity index (χ0v) is 14.1. The lowest BCUT2D eigenvalue weighted by atomic mass is 10.0. The van der Waals surface area contributed by atoms with Crippen molar-refractivity contribution < 1.29 is 9.53 Å². The van der Waals surface area contributed by atoms with Crippen molar-refractivity contribution in [1.82, 2.24) is 19.9 Å². The van der Waals surface area contributed by atoms with Gasteiger partial charge in [0.25, 0.3) is 0 Å². The Morgan fingerprint density at radius 2 is 2.12 bits per heavy atom. The second kappa shape index (κ2) is 6.05. The summed E-state index contributed by atoms with van der Waals surface area (Å²) in [6.07, 6.45) is 5.73. The van der Waals surface area contributed by atoms with Crippen LogP contribution in [0.15, 0.2) is 18.6 Å². The standard InChI is InChI=1S/C17H23N5O2/c1-21(17-14-3-4-18-16(14)19-10-20-17)13-5-11-7-22(8-12(11)6-13)15(23)9-24-2/h3-4,10-13H,5-9H2,1-2H3,(H,18,19,20)/t11-,12?,13+/m1/s1. The van der Waals surface area contributed by atoms with Crippen LogP contribution in [0.3, 0.4) is 0 Å². The maximum absolute atomic E-state index is 12.0. The Labute approximate surface area is 141 Å². The second-order valence-electron chi connectivity index (χ2n) is 6.93. The Kier molecular flexibility index (Phi) is 3.88. The van der Waals surface area contributed by atoms with Crippen molar-refractivity contribution in [2.24, 2.45) is 11.8 Å². The summed E-state index contributed by atoms with van der Waals surface area (Å²) in [5, 5.41) is 1.06. The number of carbonyl (C=O) groups excluding carboxylic acids is 1. The van der Waals surface area contributed by atoms with Gasteiger partial charge in [-0.25, -0.2) is 9.97 Å². The van der Waals surface area contributed by atoms with Crippen LogP contribution in [0.5, 0.6) is 0 Å². The van der Waals surface area contributed by atoms with Gasteiger partial charge in [0.05, 0.1) is 5.39 Å². The molecule has 3 atom stereocenters. The number of fused-ring (bicyclic) bond motifs is 2. The van der Waals surface area contributed by atoms with Crippen molar-refractivity contribution >= 4 is 22.8 Å². The molecule has 1 saturated heterocycles. The molecule has 0 aromatic carbocycles. The molecule has 3 heterocycles. The van der Waals surface area contributed by atoms with Gasteiger partial charge in [-0.2, -0.15) is 0 Å². The minimum Gasteiger partial charge on any atom is -0.375 e. The van der Waals surface area contributed by atoms with E-state index < -0.39 is 0 Å². The number of nitrogens with one attached hydrogen (secondary N) is 1. The van der Waals surface area contributed by atoms with Crippen LogP contribution >= 0.6 is 0 Å². The molecular formula is C17H23N5O2. The predicted octanol–water partition coefficient (Wildman–Crippen LogP) is 1.28. The fourth-order valence-electron chi connectivity index (χ4n) is 4.32. The number of methoxy groups -OCH3 is 1. The highest BCUT2D eigenvalue weighted by Gasteiger charge is 2.43. The number of anilines is 1. The van der Waals surface area contributed by atoms with Crippen molar-refractivity contribution in [3.63, 3.8) is 0 Å². The molecule has 0 radical (unpaired) electrons. The molecule has 2 aromatic heterocycles. The number of aromatic nitrogens is 3. The number of hydrogen-bond donors (Lipinski definition) is 1. The maximum Gasteiger partial charge on any atom is 0.248 e. The van der Waals surface area contributed by atoms with Gasteiger partial charge in [-0.15, -0.1) is 0 Å². The molecule has 1 aliphatic heterocycles. The number of hydrogen-bond acceptors (Lipinski definition) is 5. The Morgan fingerprint density at radius 3 is 2.83 bits per heavy atom. The summed E-state index contributed by atoms with van der Waals surface area (Å²) in [4.78, 5) is 28.2. The summed E-state index contributed by atoms with van der Waals surface area (Å²) < 4.78 is 4.97. The van der Waals surface area contributed by atoms with Crippen molar-refractivity contribution in [3.05, 3.63) is 18.6 Å². The van der Waals surface area contributed by atoms with E-state index in [0.29, 0.717) is 17.9 Å². The van der Waals surface area contributed by atoms with Gasteiger partial charge in [0, 0.05) is 39.5 Å². The van der Waals surface area contributed by atoms with Crippen LogP contribution in [0, 0.1) is 11.8 Å². The van der Waals surface area contributed by atoms with E-state index in [4.69, 9.17) is 4.74 Å². The third-order valence-electron chi connectivity index (χ3n) is 5.56. The fourth-order valence-corrected chi connectivity index (χ4v) is 4.32. The van der Waals surface area contributed by atoms with Crippen LogP contribution in [-0.4, -0.2) is 65.7 Å². The second-order valence-corrected chi connectivity index (χ2v) is 6.93. The fraction of sp³-hybridized carbons (Fsp3) is 0.588. The highest BCUT2D eigenvalue weighted by molar-refractivity contribution is 5.87. The third-order valence-corrected chi connectivity index (χ3v) is 5.56. The molecular weight excluding hydrogens is 306 g/mol. The van der Waals surface area contributed by atoms with Crippen LogP contribution in [0.4, 0.5) is 5.82 Å². The summed E-state index contributed by atoms with van der Waals surface area (Å²) >= 11 is 0. The average molecular weight is 329 g/mol. The van der Waals surface area contributed by atoms with Crippen molar-refractivity contribution in [3.8, 4) is 0 Å². The van der Waals surface area contributed by atoms with Crippen molar-refractivity contribution in [2.45, 2.75) is 18.9 Å². The molecule has 24 heavy (non-hydrogen) atoms. The van der Waals surface area contributed by atoms with Crippen LogP contribution in [-0.2, 0) is 9.53 Å². The van der Waals surface area contributed by atoms with Crippen molar-refractivity contribution in [1.29, 1.82) is 0 Å². The van der Waals surface area contributed by atoms with Crippen molar-refractivity contribution in [2.75, 3.05) is 38.8 Å². The summed E-state index contributed by atoms with van der Waals surface area (Å²) in [5.41, 5.74) is 0.876. The first kappa shape index (κ1) is 15.4. The van der Waals surface area contributed by atoms with Crippen LogP contribution in [0.25, 0.3) is 11.0 Å². The quantitative estimate of drug-likeness (QED) is 0.914. The van der Waals surface area contributed by atoms with E-state index in [1.54, 1.807) is 13.4 Å². The molecule has 128 valence electrons. The third kappa shape index (κ3) is 2.53. The minimum absolute atomic E-state index is 0.113. The lowest BCUT2D eigenvalue weighted by molar-refractivity contribution is -0.134. The highest BCUT2D eigenvalue weighted by Crippen LogP contribution is 2.41. The topological polar surface area (TPSA) is 74.3 Å². The summed E-state index contributed by atoms with van der Waals surface area (Å²) in [5.74, 6) is 2.27. The molecule has 7 nitrogen and oxygen atoms in total. The molecule has 2 fully saturated rings. The minimum atomic E-state index is 0.113. The van der Waals surface area contributed by atoms with Crippen LogP contribution < -0.4 is 4.90 Å². The molecule has 1 saturated carbocycles. The first-order valence-corrected chi connectivity index (χ1v) is 8.45. The van der Waals surface area contributed by atoms with E-state index in [1.165, 1.54) is 0 Å². The SMILES string of the molecule is COCC(=O)N1CC2C[C@@H](N(C)c3ncnc4[nH]ccc34)C[C@@H]2C1. The largest absolute Gasteiger partial charge is 0.375 e. The summed E-state index contributed by atoms with van der Waals surface area (Å²) in [6.45, 7) is 1.91. The van der Waals surface area contributed by atoms with E-state index in [2.05, 4.69) is 26.9 Å². The van der Waals surface area contributed by atoms with Gasteiger partial charge in [0.1, 0.15) is 24.4 Å². The molecule has 0 spiro atoms. The number of amides is 1. The van der Waals surface area contributed by atoms with Gasteiger partial charge >= 0.3 is 0 Å². The first-order valence-electron chi connectivity index (χ1n) is 8.45. The van der Waals surface area contributed by atoms with Gasteiger partial charge in [-0.3, -0.25) is 4.79 Å². The van der Waals surface area contributed by atoms with E-state index in [1.807, 2.05) is 17.2 Å². The molecule has 1 amide bonds. The summed E-state index contributed by atoms with van der Waals surface area (Å²) in [6, 6.07) is 2.50. The number of H-pyrrole nitrogens is 1. The number of ether oxygens (including phenoxy) is 1. The number of aromatic amines is 1. The molecule has 1 N–H and O–H groups in total. The van der Waals surface area contributed by atoms with E-state index >= 15 is 0 Å². The summed E-state index contributed by atoms with van der Waals surface area (Å²) in [7, 11) is 3.69. The molecule has 4 rings (SSSR count). The molecule has 2 aliphatic rings. The van der Waals surface area contributed by atoms with Gasteiger partial charge in [0.2, 0.25) is 5.91 Å². The van der Waals surface area contributed by atoms with Gasteiger partial charge in [-0.05, 0) is 30.7 Å². The number of carbonyl (C=O) groups is 1. The van der Waals surface area contributed by atoms with Crippen LogP contribution in [0.2, 0.25) is 0 Å². The lowest BCUT2D eigenvalue weighted by Crippen LogP contribution is -2.35. The predicted molar refractivity (Wildman–Crippen MR) is 90.7 cm³/mol. The van der Waals surface area contributed by atoms with E-state index in [-0.39, 0.29) is 12.5 Å². The Bertz CT molecular complexity index is 731. The van der Waals surface area contributed by atoms with Gasteiger partial charge < -0.3 is 19.5 Å². The number of rotatable bonds is 4. The van der Waals surface area contributed by atoms with E-state index in [9.17, 15) is 4.79 Å². The van der Waals surface area contributed by atoms with Gasteiger partial charge in [0.15, 0.2) is 0 Å². The normalized spacial score (nSPS) is 26.1. The monoisotopic (exact) mass is 329 g/mol. The first-order chi connectivity index (χ1) is 11.7. The van der Waals surface area contributed by atoms with Crippen LogP contribution in [0.1, 0.15) is 12.8 Å². The Hall–Kier alpha value is -2.15. The smallest absolute Gasteiger partial charge is 0.248 e. The Balaban J connectivity index is 1.45. The molecule has 2 aromatic rings. The highest BCUT2D eigenvalue weighted by atomic mass is 16.5. The number of likely N-dealkylation sites (tertiary alicyclic amines) is 1. The Morgan fingerprint density at radius 1 is 1.38 bits per heavy atom. The lowest BCUT2D eigenvalue weighted by Gasteiger charge is -2.28. The maximum atomic E-state index is 12.0. The zero-order valence-electron chi connectivity index (χ0n) is 14.1. The zero-order chi connectivity index (χ0) is 16.7. The molecule has 1 unspecified atom stereocenters. The molecule has 0 bridgehead atoms.